The molecule has 92 valence electrons. The molecule has 5 heteroatoms. The number of aryl methyl sites for hydroxylation is 2. The molecule has 0 aliphatic heterocycles. The molecule has 1 aromatic rings. The summed E-state index contributed by atoms with van der Waals surface area (Å²) in [4.78, 5) is 0. The monoisotopic (exact) mass is 289 g/mol. The molecule has 0 amide bonds. The molecule has 1 heterocycles. The Morgan fingerprint density at radius 1 is 1.56 bits per heavy atom. The average Bonchev–Trinajstić information content (AvgIpc) is 2.43. The SMILES string of the molecule is Cc1nn(C)c(CNCCCC(C)O)c1Br. The third-order valence-corrected chi connectivity index (χ3v) is 3.56. The summed E-state index contributed by atoms with van der Waals surface area (Å²) in [6.07, 6.45) is 1.64. The van der Waals surface area contributed by atoms with E-state index in [0.717, 1.165) is 41.8 Å². The predicted molar refractivity (Wildman–Crippen MR) is 68.3 cm³/mol. The van der Waals surface area contributed by atoms with E-state index in [1.807, 2.05) is 25.6 Å². The number of rotatable bonds is 6. The summed E-state index contributed by atoms with van der Waals surface area (Å²) in [5.41, 5.74) is 2.18. The van der Waals surface area contributed by atoms with Crippen LogP contribution in [-0.4, -0.2) is 27.5 Å². The normalized spacial score (nSPS) is 13.1. The van der Waals surface area contributed by atoms with E-state index in [-0.39, 0.29) is 6.10 Å². The Balaban J connectivity index is 2.32. The van der Waals surface area contributed by atoms with Gasteiger partial charge in [0.2, 0.25) is 0 Å². The van der Waals surface area contributed by atoms with Gasteiger partial charge in [-0.2, -0.15) is 5.10 Å². The quantitative estimate of drug-likeness (QED) is 0.785. The Morgan fingerprint density at radius 3 is 2.75 bits per heavy atom. The van der Waals surface area contributed by atoms with Gasteiger partial charge in [-0.1, -0.05) is 0 Å². The first-order valence-corrected chi connectivity index (χ1v) is 6.38. The van der Waals surface area contributed by atoms with Gasteiger partial charge in [-0.15, -0.1) is 0 Å². The molecule has 1 aromatic heterocycles. The van der Waals surface area contributed by atoms with E-state index in [9.17, 15) is 0 Å². The third-order valence-electron chi connectivity index (χ3n) is 2.53. The van der Waals surface area contributed by atoms with Gasteiger partial charge in [0.1, 0.15) is 0 Å². The maximum absolute atomic E-state index is 9.11. The fourth-order valence-corrected chi connectivity index (χ4v) is 2.08. The van der Waals surface area contributed by atoms with Gasteiger partial charge in [0.05, 0.1) is 22.0 Å². The van der Waals surface area contributed by atoms with Crippen LogP contribution in [0, 0.1) is 6.92 Å². The van der Waals surface area contributed by atoms with Gasteiger partial charge in [0.15, 0.2) is 0 Å². The number of nitrogens with one attached hydrogen (secondary N) is 1. The average molecular weight is 290 g/mol. The lowest BCUT2D eigenvalue weighted by Crippen LogP contribution is -2.18. The van der Waals surface area contributed by atoms with Crippen LogP contribution < -0.4 is 5.32 Å². The lowest BCUT2D eigenvalue weighted by molar-refractivity contribution is 0.181. The smallest absolute Gasteiger partial charge is 0.0739 e. The van der Waals surface area contributed by atoms with E-state index in [4.69, 9.17) is 5.11 Å². The van der Waals surface area contributed by atoms with Crippen LogP contribution in [0.15, 0.2) is 4.47 Å². The highest BCUT2D eigenvalue weighted by Gasteiger charge is 2.09. The van der Waals surface area contributed by atoms with Crippen molar-refractivity contribution < 1.29 is 5.11 Å². The minimum atomic E-state index is -0.201. The first-order chi connectivity index (χ1) is 7.52. The molecule has 16 heavy (non-hydrogen) atoms. The van der Waals surface area contributed by atoms with Crippen LogP contribution in [0.3, 0.4) is 0 Å². The maximum Gasteiger partial charge on any atom is 0.0739 e. The van der Waals surface area contributed by atoms with Crippen LogP contribution in [0.2, 0.25) is 0 Å². The molecule has 0 aliphatic rings. The molecular formula is C11H20BrN3O. The van der Waals surface area contributed by atoms with Crippen molar-refractivity contribution in [3.05, 3.63) is 15.9 Å². The zero-order valence-corrected chi connectivity index (χ0v) is 11.7. The standard InChI is InChI=1S/C11H20BrN3O/c1-8(16)5-4-6-13-7-10-11(12)9(2)14-15(10)3/h8,13,16H,4-7H2,1-3H3. The van der Waals surface area contributed by atoms with E-state index in [2.05, 4.69) is 26.3 Å². The molecule has 0 saturated heterocycles. The van der Waals surface area contributed by atoms with E-state index in [1.165, 1.54) is 0 Å². The Morgan fingerprint density at radius 2 is 2.25 bits per heavy atom. The van der Waals surface area contributed by atoms with E-state index in [1.54, 1.807) is 0 Å². The number of hydrogen-bond acceptors (Lipinski definition) is 3. The molecule has 1 unspecified atom stereocenters. The number of hydrogen-bond donors (Lipinski definition) is 2. The maximum atomic E-state index is 9.11. The molecule has 1 rings (SSSR count). The zero-order chi connectivity index (χ0) is 12.1. The van der Waals surface area contributed by atoms with Gasteiger partial charge in [-0.3, -0.25) is 4.68 Å². The van der Waals surface area contributed by atoms with Crippen molar-refractivity contribution in [2.45, 2.75) is 39.3 Å². The summed E-state index contributed by atoms with van der Waals surface area (Å²) in [5.74, 6) is 0. The highest BCUT2D eigenvalue weighted by molar-refractivity contribution is 9.10. The van der Waals surface area contributed by atoms with Gasteiger partial charge in [-0.05, 0) is 49.2 Å². The molecule has 0 aliphatic carbocycles. The molecule has 1 atom stereocenters. The minimum Gasteiger partial charge on any atom is -0.393 e. The largest absolute Gasteiger partial charge is 0.393 e. The number of nitrogens with zero attached hydrogens (tertiary/aromatic N) is 2. The number of aliphatic hydroxyl groups excluding tert-OH is 1. The summed E-state index contributed by atoms with van der Waals surface area (Å²) >= 11 is 3.53. The molecule has 0 bridgehead atoms. The van der Waals surface area contributed by atoms with Crippen molar-refractivity contribution in [3.8, 4) is 0 Å². The van der Waals surface area contributed by atoms with Crippen molar-refractivity contribution in [1.29, 1.82) is 0 Å². The molecule has 0 radical (unpaired) electrons. The molecule has 0 aromatic carbocycles. The number of halogens is 1. The number of aliphatic hydroxyl groups is 1. The number of aromatic nitrogens is 2. The summed E-state index contributed by atoms with van der Waals surface area (Å²) in [5, 5.41) is 16.8. The van der Waals surface area contributed by atoms with Crippen LogP contribution in [0.1, 0.15) is 31.2 Å². The fraction of sp³-hybridized carbons (Fsp3) is 0.727. The van der Waals surface area contributed by atoms with E-state index >= 15 is 0 Å². The minimum absolute atomic E-state index is 0.201. The van der Waals surface area contributed by atoms with Gasteiger partial charge < -0.3 is 10.4 Å². The Bertz CT molecular complexity index is 336. The second kappa shape index (κ2) is 6.37. The van der Waals surface area contributed by atoms with Crippen LogP contribution in [-0.2, 0) is 13.6 Å². The summed E-state index contributed by atoms with van der Waals surface area (Å²) in [6, 6.07) is 0. The van der Waals surface area contributed by atoms with Crippen LogP contribution >= 0.6 is 15.9 Å². The zero-order valence-electron chi connectivity index (χ0n) is 10.1. The van der Waals surface area contributed by atoms with Crippen molar-refractivity contribution in [2.75, 3.05) is 6.54 Å². The predicted octanol–water partition coefficient (Wildman–Crippen LogP) is 1.74. The van der Waals surface area contributed by atoms with Crippen molar-refractivity contribution in [2.24, 2.45) is 7.05 Å². The first kappa shape index (κ1) is 13.7. The molecule has 0 spiro atoms. The molecule has 4 nitrogen and oxygen atoms in total. The van der Waals surface area contributed by atoms with Crippen molar-refractivity contribution in [3.63, 3.8) is 0 Å². The van der Waals surface area contributed by atoms with Gasteiger partial charge in [0.25, 0.3) is 0 Å². The Hall–Kier alpha value is -0.390. The van der Waals surface area contributed by atoms with Gasteiger partial charge in [-0.25, -0.2) is 0 Å². The van der Waals surface area contributed by atoms with Crippen LogP contribution in [0.5, 0.6) is 0 Å². The molecule has 0 saturated carbocycles. The summed E-state index contributed by atoms with van der Waals surface area (Å²) in [6.45, 7) is 5.53. The highest BCUT2D eigenvalue weighted by atomic mass is 79.9. The summed E-state index contributed by atoms with van der Waals surface area (Å²) in [7, 11) is 1.95. The first-order valence-electron chi connectivity index (χ1n) is 5.59. The van der Waals surface area contributed by atoms with Gasteiger partial charge >= 0.3 is 0 Å². The molecule has 0 fully saturated rings. The van der Waals surface area contributed by atoms with Gasteiger partial charge in [0, 0.05) is 13.6 Å². The topological polar surface area (TPSA) is 50.1 Å². The van der Waals surface area contributed by atoms with Crippen molar-refractivity contribution >= 4 is 15.9 Å². The van der Waals surface area contributed by atoms with Crippen molar-refractivity contribution in [1.82, 2.24) is 15.1 Å². The van der Waals surface area contributed by atoms with E-state index < -0.39 is 0 Å². The lowest BCUT2D eigenvalue weighted by atomic mass is 10.2. The van der Waals surface area contributed by atoms with Crippen LogP contribution in [0.25, 0.3) is 0 Å². The second-order valence-corrected chi connectivity index (χ2v) is 4.93. The van der Waals surface area contributed by atoms with E-state index in [0.29, 0.717) is 0 Å². The summed E-state index contributed by atoms with van der Waals surface area (Å²) < 4.78 is 2.97. The lowest BCUT2D eigenvalue weighted by Gasteiger charge is -2.07. The second-order valence-electron chi connectivity index (χ2n) is 4.14. The fourth-order valence-electron chi connectivity index (χ4n) is 1.60. The highest BCUT2D eigenvalue weighted by Crippen LogP contribution is 2.19. The Kier molecular flexibility index (Phi) is 5.44. The molecule has 2 N–H and O–H groups in total. The molecular weight excluding hydrogens is 270 g/mol. The third kappa shape index (κ3) is 3.88. The van der Waals surface area contributed by atoms with Crippen LogP contribution in [0.4, 0.5) is 0 Å². The Labute approximate surface area is 105 Å².